The van der Waals surface area contributed by atoms with Crippen molar-refractivity contribution in [3.63, 3.8) is 0 Å². The monoisotopic (exact) mass is 398 g/mol. The van der Waals surface area contributed by atoms with Crippen LogP contribution in [0.25, 0.3) is 10.9 Å². The van der Waals surface area contributed by atoms with E-state index in [-0.39, 0.29) is 0 Å². The maximum Gasteiger partial charge on any atom is 0.573 e. The average Bonchev–Trinajstić information content (AvgIpc) is 2.96. The minimum absolute atomic E-state index is 0.367. The Morgan fingerprint density at radius 1 is 1.11 bits per heavy atom. The summed E-state index contributed by atoms with van der Waals surface area (Å²) in [5.74, 6) is -0.767. The molecule has 0 bridgehead atoms. The van der Waals surface area contributed by atoms with E-state index in [1.165, 1.54) is 12.1 Å². The van der Waals surface area contributed by atoms with Crippen LogP contribution in [0.4, 0.5) is 13.2 Å². The molecule has 1 unspecified atom stereocenters. The summed E-state index contributed by atoms with van der Waals surface area (Å²) in [6, 6.07) is 11.7. The quantitative estimate of drug-likeness (QED) is 0.660. The van der Waals surface area contributed by atoms with Crippen molar-refractivity contribution in [2.24, 2.45) is 0 Å². The molecule has 0 radical (unpaired) electrons. The van der Waals surface area contributed by atoms with Crippen LogP contribution < -0.4 is 9.46 Å². The molecule has 0 spiro atoms. The highest BCUT2D eigenvalue weighted by Gasteiger charge is 2.34. The van der Waals surface area contributed by atoms with Gasteiger partial charge in [0.2, 0.25) is 10.0 Å². The van der Waals surface area contributed by atoms with Gasteiger partial charge < -0.3 is 9.72 Å². The standard InChI is InChI=1S/C18H17F3N2O3S/c1-12(10-13-11-22-15-7-3-2-6-14(13)15)23-27(24,25)17-9-5-4-8-16(17)26-18(19,20)21/h2-9,11-12,22-23H,10H2,1H3. The Morgan fingerprint density at radius 2 is 1.78 bits per heavy atom. The highest BCUT2D eigenvalue weighted by molar-refractivity contribution is 7.89. The topological polar surface area (TPSA) is 71.2 Å². The van der Waals surface area contributed by atoms with E-state index < -0.39 is 33.1 Å². The van der Waals surface area contributed by atoms with Gasteiger partial charge in [-0.05, 0) is 37.1 Å². The Labute approximate surface area is 154 Å². The molecule has 0 aliphatic heterocycles. The number of hydrogen-bond donors (Lipinski definition) is 2. The van der Waals surface area contributed by atoms with Crippen molar-refractivity contribution in [1.29, 1.82) is 0 Å². The van der Waals surface area contributed by atoms with Crippen LogP contribution in [-0.2, 0) is 16.4 Å². The van der Waals surface area contributed by atoms with Gasteiger partial charge in [-0.15, -0.1) is 13.2 Å². The lowest BCUT2D eigenvalue weighted by molar-refractivity contribution is -0.275. The van der Waals surface area contributed by atoms with Crippen molar-refractivity contribution in [2.75, 3.05) is 0 Å². The van der Waals surface area contributed by atoms with E-state index in [4.69, 9.17) is 0 Å². The predicted molar refractivity (Wildman–Crippen MR) is 94.9 cm³/mol. The summed E-state index contributed by atoms with van der Waals surface area (Å²) in [5, 5.41) is 0.962. The normalized spacial score (nSPS) is 13.6. The summed E-state index contributed by atoms with van der Waals surface area (Å²) < 4.78 is 69.0. The number of aromatic nitrogens is 1. The van der Waals surface area contributed by atoms with Gasteiger partial charge in [0.15, 0.2) is 0 Å². The molecular weight excluding hydrogens is 381 g/mol. The van der Waals surface area contributed by atoms with Crippen LogP contribution in [0.15, 0.2) is 59.6 Å². The minimum atomic E-state index is -4.98. The summed E-state index contributed by atoms with van der Waals surface area (Å²) in [5.41, 5.74) is 1.83. The van der Waals surface area contributed by atoms with Crippen LogP contribution in [0, 0.1) is 0 Å². The molecule has 0 aliphatic rings. The molecule has 1 atom stereocenters. The van der Waals surface area contributed by atoms with E-state index in [0.29, 0.717) is 6.42 Å². The summed E-state index contributed by atoms with van der Waals surface area (Å²) in [6.45, 7) is 1.65. The molecule has 1 heterocycles. The van der Waals surface area contributed by atoms with Crippen molar-refractivity contribution in [3.8, 4) is 5.75 Å². The molecular formula is C18H17F3N2O3S. The van der Waals surface area contributed by atoms with Gasteiger partial charge in [-0.3, -0.25) is 0 Å². The maximum atomic E-state index is 12.6. The lowest BCUT2D eigenvalue weighted by Gasteiger charge is -2.17. The zero-order valence-corrected chi connectivity index (χ0v) is 15.1. The van der Waals surface area contributed by atoms with Gasteiger partial charge >= 0.3 is 6.36 Å². The number of fused-ring (bicyclic) bond motifs is 1. The molecule has 3 rings (SSSR count). The Balaban J connectivity index is 1.80. The average molecular weight is 398 g/mol. The van der Waals surface area contributed by atoms with Crippen LogP contribution in [0.2, 0.25) is 0 Å². The summed E-state index contributed by atoms with van der Waals surface area (Å²) in [7, 11) is -4.20. The number of para-hydroxylation sites is 2. The second-order valence-corrected chi connectivity index (χ2v) is 7.76. The number of nitrogens with one attached hydrogen (secondary N) is 2. The Kier molecular flexibility index (Phi) is 5.16. The molecule has 0 fully saturated rings. The molecule has 2 N–H and O–H groups in total. The molecule has 0 aliphatic carbocycles. The molecule has 0 saturated carbocycles. The van der Waals surface area contributed by atoms with Crippen molar-refractivity contribution in [3.05, 3.63) is 60.3 Å². The first-order chi connectivity index (χ1) is 12.7. The molecule has 2 aromatic carbocycles. The number of sulfonamides is 1. The van der Waals surface area contributed by atoms with Gasteiger partial charge in [0.1, 0.15) is 10.6 Å². The second kappa shape index (κ2) is 7.24. The Bertz CT molecular complexity index is 1050. The number of rotatable bonds is 6. The fourth-order valence-electron chi connectivity index (χ4n) is 2.88. The van der Waals surface area contributed by atoms with Crippen LogP contribution in [0.5, 0.6) is 5.75 Å². The Morgan fingerprint density at radius 3 is 2.52 bits per heavy atom. The predicted octanol–water partition coefficient (Wildman–Crippen LogP) is 3.98. The molecule has 144 valence electrons. The SMILES string of the molecule is CC(Cc1c[nH]c2ccccc12)NS(=O)(=O)c1ccccc1OC(F)(F)F. The van der Waals surface area contributed by atoms with E-state index in [1.807, 2.05) is 24.3 Å². The van der Waals surface area contributed by atoms with Gasteiger partial charge in [0.25, 0.3) is 0 Å². The van der Waals surface area contributed by atoms with E-state index in [9.17, 15) is 21.6 Å². The van der Waals surface area contributed by atoms with Crippen LogP contribution in [0.1, 0.15) is 12.5 Å². The summed E-state index contributed by atoms with van der Waals surface area (Å²) >= 11 is 0. The first-order valence-electron chi connectivity index (χ1n) is 8.08. The van der Waals surface area contributed by atoms with Crippen molar-refractivity contribution >= 4 is 20.9 Å². The summed E-state index contributed by atoms with van der Waals surface area (Å²) in [6.07, 6.45) is -2.83. The highest BCUT2D eigenvalue weighted by atomic mass is 32.2. The molecule has 0 saturated heterocycles. The van der Waals surface area contributed by atoms with Gasteiger partial charge in [-0.25, -0.2) is 13.1 Å². The van der Waals surface area contributed by atoms with E-state index in [2.05, 4.69) is 14.4 Å². The van der Waals surface area contributed by atoms with Crippen molar-refractivity contribution < 1.29 is 26.3 Å². The largest absolute Gasteiger partial charge is 0.573 e. The number of hydrogen-bond acceptors (Lipinski definition) is 3. The zero-order chi connectivity index (χ0) is 19.7. The molecule has 3 aromatic rings. The van der Waals surface area contributed by atoms with E-state index in [1.54, 1.807) is 13.1 Å². The number of alkyl halides is 3. The fraction of sp³-hybridized carbons (Fsp3) is 0.222. The van der Waals surface area contributed by atoms with E-state index >= 15 is 0 Å². The zero-order valence-electron chi connectivity index (χ0n) is 14.2. The highest BCUT2D eigenvalue weighted by Crippen LogP contribution is 2.29. The smallest absolute Gasteiger partial charge is 0.404 e. The van der Waals surface area contributed by atoms with E-state index in [0.717, 1.165) is 28.6 Å². The number of halogens is 3. The molecule has 9 heteroatoms. The third-order valence-corrected chi connectivity index (χ3v) is 5.55. The van der Waals surface area contributed by atoms with Crippen molar-refractivity contribution in [1.82, 2.24) is 9.71 Å². The third kappa shape index (κ3) is 4.61. The first-order valence-corrected chi connectivity index (χ1v) is 9.56. The number of benzene rings is 2. The number of aromatic amines is 1. The Hall–Kier alpha value is -2.52. The van der Waals surface area contributed by atoms with Gasteiger partial charge in [-0.1, -0.05) is 30.3 Å². The number of H-pyrrole nitrogens is 1. The maximum absolute atomic E-state index is 12.6. The lowest BCUT2D eigenvalue weighted by atomic mass is 10.1. The minimum Gasteiger partial charge on any atom is -0.404 e. The van der Waals surface area contributed by atoms with Gasteiger partial charge in [-0.2, -0.15) is 0 Å². The van der Waals surface area contributed by atoms with Crippen LogP contribution >= 0.6 is 0 Å². The summed E-state index contributed by atoms with van der Waals surface area (Å²) in [4.78, 5) is 2.54. The fourth-order valence-corrected chi connectivity index (χ4v) is 4.25. The third-order valence-electron chi connectivity index (χ3n) is 3.92. The second-order valence-electron chi connectivity index (χ2n) is 6.08. The molecule has 0 amide bonds. The van der Waals surface area contributed by atoms with Crippen LogP contribution in [0.3, 0.4) is 0 Å². The molecule has 5 nitrogen and oxygen atoms in total. The van der Waals surface area contributed by atoms with Crippen LogP contribution in [-0.4, -0.2) is 25.8 Å². The van der Waals surface area contributed by atoms with Gasteiger partial charge in [0, 0.05) is 23.1 Å². The molecule has 27 heavy (non-hydrogen) atoms. The first kappa shape index (κ1) is 19.2. The number of ether oxygens (including phenoxy) is 1. The van der Waals surface area contributed by atoms with Gasteiger partial charge in [0.05, 0.1) is 0 Å². The lowest BCUT2D eigenvalue weighted by Crippen LogP contribution is -2.34. The molecule has 1 aromatic heterocycles. The van der Waals surface area contributed by atoms with Crippen molar-refractivity contribution in [2.45, 2.75) is 30.6 Å².